The number of aliphatic hydroxyl groups excluding tert-OH is 1. The molecule has 0 bridgehead atoms. The second-order valence-corrected chi connectivity index (χ2v) is 8.01. The van der Waals surface area contributed by atoms with Gasteiger partial charge in [0.15, 0.2) is 0 Å². The first-order valence-electron chi connectivity index (χ1n) is 9.36. The molecule has 0 aromatic heterocycles. The van der Waals surface area contributed by atoms with Crippen molar-refractivity contribution < 1.29 is 28.3 Å². The topological polar surface area (TPSA) is 91.9 Å². The second-order valence-electron chi connectivity index (χ2n) is 6.77. The van der Waals surface area contributed by atoms with Gasteiger partial charge in [-0.05, 0) is 59.0 Å². The number of amides is 1. The van der Waals surface area contributed by atoms with E-state index in [2.05, 4.69) is 16.1 Å². The molecule has 10 heteroatoms. The van der Waals surface area contributed by atoms with Gasteiger partial charge in [-0.25, -0.2) is 14.3 Å². The van der Waals surface area contributed by atoms with Crippen LogP contribution in [0.4, 0.5) is 20.2 Å². The average molecular weight is 533 g/mol. The first kappa shape index (κ1) is 22.8. The summed E-state index contributed by atoms with van der Waals surface area (Å²) in [7, 11) is 0. The maximum atomic E-state index is 14.1. The van der Waals surface area contributed by atoms with Crippen LogP contribution in [0.15, 0.2) is 36.4 Å². The minimum absolute atomic E-state index is 0.0589. The number of benzene rings is 2. The number of hydrogen-bond donors (Lipinski definition) is 4. The zero-order valence-corrected chi connectivity index (χ0v) is 18.1. The van der Waals surface area contributed by atoms with Crippen LogP contribution in [-0.4, -0.2) is 49.5 Å². The largest absolute Gasteiger partial charge is 0.391 e. The van der Waals surface area contributed by atoms with Crippen molar-refractivity contribution in [2.75, 3.05) is 31.6 Å². The summed E-state index contributed by atoms with van der Waals surface area (Å²) in [6.45, 7) is 1.86. The number of hydroxylamine groups is 1. The number of ether oxygens (including phenoxy) is 1. The molecule has 2 aromatic carbocycles. The standard InChI is InChI=1S/C20H22F2IN3O4/c21-12-1-3-16(19(7-12)25-18-4-2-13(23)8-17(18)22)20(28)26-30-11-14(27)9-15-10-24-5-6-29-15/h1-4,7-8,14-15,24-25,27H,5-6,9-11H2,(H,26,28). The Bertz CT molecular complexity index is 881. The maximum absolute atomic E-state index is 14.1. The fourth-order valence-corrected chi connectivity index (χ4v) is 3.41. The van der Waals surface area contributed by atoms with Crippen molar-refractivity contribution >= 4 is 39.9 Å². The molecule has 1 aliphatic rings. The van der Waals surface area contributed by atoms with E-state index in [1.165, 1.54) is 18.2 Å². The van der Waals surface area contributed by atoms with E-state index in [1.54, 1.807) is 6.07 Å². The van der Waals surface area contributed by atoms with Crippen LogP contribution in [0.3, 0.4) is 0 Å². The van der Waals surface area contributed by atoms with Crippen molar-refractivity contribution in [3.8, 4) is 0 Å². The first-order chi connectivity index (χ1) is 14.4. The molecule has 0 spiro atoms. The van der Waals surface area contributed by atoms with Crippen molar-refractivity contribution in [3.05, 3.63) is 57.2 Å². The molecule has 2 atom stereocenters. The normalized spacial score (nSPS) is 17.4. The minimum Gasteiger partial charge on any atom is -0.391 e. The Balaban J connectivity index is 1.58. The lowest BCUT2D eigenvalue weighted by atomic mass is 10.1. The fourth-order valence-electron chi connectivity index (χ4n) is 2.95. The van der Waals surface area contributed by atoms with Crippen molar-refractivity contribution in [1.82, 2.24) is 10.8 Å². The quantitative estimate of drug-likeness (QED) is 0.308. The number of rotatable bonds is 8. The Kier molecular flexibility index (Phi) is 8.33. The van der Waals surface area contributed by atoms with E-state index in [0.29, 0.717) is 23.1 Å². The molecule has 30 heavy (non-hydrogen) atoms. The molecular weight excluding hydrogens is 511 g/mol. The van der Waals surface area contributed by atoms with Gasteiger partial charge in [0.05, 0.1) is 35.8 Å². The Morgan fingerprint density at radius 3 is 2.87 bits per heavy atom. The summed E-state index contributed by atoms with van der Waals surface area (Å²) < 4.78 is 34.0. The molecule has 1 amide bonds. The molecule has 0 aliphatic carbocycles. The van der Waals surface area contributed by atoms with E-state index in [0.717, 1.165) is 18.7 Å². The van der Waals surface area contributed by atoms with E-state index < -0.39 is 23.6 Å². The number of anilines is 2. The minimum atomic E-state index is -0.832. The number of carbonyl (C=O) groups is 1. The van der Waals surface area contributed by atoms with Crippen LogP contribution in [0.25, 0.3) is 0 Å². The van der Waals surface area contributed by atoms with Gasteiger partial charge in [-0.3, -0.25) is 9.63 Å². The molecule has 1 saturated heterocycles. The zero-order chi connectivity index (χ0) is 21.5. The molecule has 1 fully saturated rings. The van der Waals surface area contributed by atoms with Gasteiger partial charge in [0, 0.05) is 23.1 Å². The lowest BCUT2D eigenvalue weighted by Crippen LogP contribution is -2.41. The van der Waals surface area contributed by atoms with Gasteiger partial charge in [0.2, 0.25) is 0 Å². The highest BCUT2D eigenvalue weighted by Crippen LogP contribution is 2.25. The summed E-state index contributed by atoms with van der Waals surface area (Å²) in [6.07, 6.45) is -0.593. The molecule has 162 valence electrons. The van der Waals surface area contributed by atoms with Crippen LogP contribution in [0.1, 0.15) is 16.8 Å². The smallest absolute Gasteiger partial charge is 0.276 e. The van der Waals surface area contributed by atoms with Crippen LogP contribution >= 0.6 is 22.6 Å². The average Bonchev–Trinajstić information content (AvgIpc) is 2.71. The zero-order valence-electron chi connectivity index (χ0n) is 16.0. The Hall–Kier alpha value is -1.86. The van der Waals surface area contributed by atoms with Crippen LogP contribution in [0.5, 0.6) is 0 Å². The number of nitrogens with one attached hydrogen (secondary N) is 3. The molecule has 0 saturated carbocycles. The van der Waals surface area contributed by atoms with Gasteiger partial charge in [0.25, 0.3) is 5.91 Å². The van der Waals surface area contributed by atoms with Crippen molar-refractivity contribution in [2.45, 2.75) is 18.6 Å². The molecule has 7 nitrogen and oxygen atoms in total. The van der Waals surface area contributed by atoms with Gasteiger partial charge in [-0.1, -0.05) is 0 Å². The number of halogens is 3. The predicted octanol–water partition coefficient (Wildman–Crippen LogP) is 2.71. The van der Waals surface area contributed by atoms with Gasteiger partial charge >= 0.3 is 0 Å². The molecule has 4 N–H and O–H groups in total. The van der Waals surface area contributed by atoms with E-state index in [4.69, 9.17) is 9.57 Å². The highest BCUT2D eigenvalue weighted by molar-refractivity contribution is 14.1. The summed E-state index contributed by atoms with van der Waals surface area (Å²) in [6, 6.07) is 7.97. The number of aliphatic hydroxyl groups is 1. The monoisotopic (exact) mass is 533 g/mol. The van der Waals surface area contributed by atoms with E-state index >= 15 is 0 Å². The van der Waals surface area contributed by atoms with Gasteiger partial charge in [-0.2, -0.15) is 0 Å². The molecule has 1 heterocycles. The molecule has 2 aromatic rings. The van der Waals surface area contributed by atoms with Crippen LogP contribution in [0, 0.1) is 15.2 Å². The van der Waals surface area contributed by atoms with Crippen molar-refractivity contribution in [1.29, 1.82) is 0 Å². The lowest BCUT2D eigenvalue weighted by molar-refractivity contribution is -0.0470. The first-order valence-corrected chi connectivity index (χ1v) is 10.4. The Morgan fingerprint density at radius 2 is 2.13 bits per heavy atom. The number of hydrogen-bond acceptors (Lipinski definition) is 6. The lowest BCUT2D eigenvalue weighted by Gasteiger charge is -2.25. The highest BCUT2D eigenvalue weighted by atomic mass is 127. The molecular formula is C20H22F2IN3O4. The van der Waals surface area contributed by atoms with Gasteiger partial charge in [0.1, 0.15) is 18.2 Å². The predicted molar refractivity (Wildman–Crippen MR) is 115 cm³/mol. The fraction of sp³-hybridized carbons (Fsp3) is 0.350. The third-order valence-corrected chi connectivity index (χ3v) is 5.08. The van der Waals surface area contributed by atoms with Crippen LogP contribution in [0.2, 0.25) is 0 Å². The maximum Gasteiger partial charge on any atom is 0.276 e. The van der Waals surface area contributed by atoms with Gasteiger partial charge in [-0.15, -0.1) is 0 Å². The third-order valence-electron chi connectivity index (χ3n) is 4.41. The van der Waals surface area contributed by atoms with Crippen LogP contribution in [-0.2, 0) is 9.57 Å². The van der Waals surface area contributed by atoms with Crippen LogP contribution < -0.4 is 16.1 Å². The summed E-state index contributed by atoms with van der Waals surface area (Å²) in [5.41, 5.74) is 2.47. The van der Waals surface area contributed by atoms with Gasteiger partial charge < -0.3 is 20.5 Å². The van der Waals surface area contributed by atoms with Crippen molar-refractivity contribution in [3.63, 3.8) is 0 Å². The number of carbonyl (C=O) groups excluding carboxylic acids is 1. The summed E-state index contributed by atoms with van der Waals surface area (Å²) in [4.78, 5) is 17.6. The van der Waals surface area contributed by atoms with E-state index in [1.807, 2.05) is 22.6 Å². The Labute approximate surface area is 186 Å². The molecule has 3 rings (SSSR count). The van der Waals surface area contributed by atoms with E-state index in [-0.39, 0.29) is 29.6 Å². The third kappa shape index (κ3) is 6.57. The highest BCUT2D eigenvalue weighted by Gasteiger charge is 2.19. The Morgan fingerprint density at radius 1 is 1.30 bits per heavy atom. The molecule has 0 radical (unpaired) electrons. The summed E-state index contributed by atoms with van der Waals surface area (Å²) in [5.74, 6) is -1.78. The summed E-state index contributed by atoms with van der Waals surface area (Å²) in [5, 5.41) is 15.9. The number of morpholine rings is 1. The molecule has 2 unspecified atom stereocenters. The van der Waals surface area contributed by atoms with E-state index in [9.17, 15) is 18.7 Å². The molecule has 1 aliphatic heterocycles. The SMILES string of the molecule is O=C(NOCC(O)CC1CNCCO1)c1ccc(F)cc1Nc1ccc(I)cc1F. The van der Waals surface area contributed by atoms with Crippen molar-refractivity contribution in [2.24, 2.45) is 0 Å². The second kappa shape index (κ2) is 11.0. The summed E-state index contributed by atoms with van der Waals surface area (Å²) >= 11 is 1.97.